The molecule has 1 heterocycles. The van der Waals surface area contributed by atoms with E-state index in [9.17, 15) is 14.7 Å². The van der Waals surface area contributed by atoms with Crippen LogP contribution in [0.1, 0.15) is 119 Å². The second-order valence-electron chi connectivity index (χ2n) is 17.7. The number of piperazine rings is 1. The van der Waals surface area contributed by atoms with Crippen molar-refractivity contribution in [1.29, 1.82) is 0 Å². The van der Waals surface area contributed by atoms with E-state index in [1.807, 2.05) is 0 Å². The van der Waals surface area contributed by atoms with E-state index >= 15 is 0 Å². The molecule has 43 heavy (non-hydrogen) atoms. The first-order chi connectivity index (χ1) is 20.2. The summed E-state index contributed by atoms with van der Waals surface area (Å²) in [6.45, 7) is 26.6. The third-order valence-electron chi connectivity index (χ3n) is 16.3. The summed E-state index contributed by atoms with van der Waals surface area (Å²) in [6.07, 6.45) is 11.9. The number of carbonyl (C=O) groups excluding carboxylic acids is 1. The summed E-state index contributed by atoms with van der Waals surface area (Å²) in [5.74, 6) is 2.83. The monoisotopic (exact) mass is 594 g/mol. The number of hydrogen-bond acceptors (Lipinski definition) is 3. The van der Waals surface area contributed by atoms with Crippen LogP contribution >= 0.6 is 0 Å². The SMILES string of the molecule is C=C(C)[C@@H]1CC[C@]2(C(=O)N3CCN(CC)CC3)CC[C@]3(C)[C@H](CC[C@@H]4[C@]5(C)CC[C@@H](CC(=O)O)C(C)(C)[C@H]5CC[C@]43C)[C@@H]12. The number of rotatable bonds is 5. The zero-order valence-corrected chi connectivity index (χ0v) is 28.6. The Morgan fingerprint density at radius 3 is 2.14 bits per heavy atom. The summed E-state index contributed by atoms with van der Waals surface area (Å²) >= 11 is 0. The molecule has 6 rings (SSSR count). The van der Waals surface area contributed by atoms with E-state index in [4.69, 9.17) is 0 Å². The van der Waals surface area contributed by atoms with Gasteiger partial charge < -0.3 is 14.9 Å². The van der Waals surface area contributed by atoms with Crippen molar-refractivity contribution in [2.75, 3.05) is 32.7 Å². The fourth-order valence-electron chi connectivity index (χ4n) is 13.7. The molecule has 1 amide bonds. The van der Waals surface area contributed by atoms with Crippen molar-refractivity contribution in [2.24, 2.45) is 62.6 Å². The Hall–Kier alpha value is -1.36. The third kappa shape index (κ3) is 4.38. The first-order valence-electron chi connectivity index (χ1n) is 18.0. The van der Waals surface area contributed by atoms with E-state index in [0.29, 0.717) is 41.9 Å². The Labute approximate surface area is 262 Å². The third-order valence-corrected chi connectivity index (χ3v) is 16.3. The number of carboxylic acids is 1. The molecule has 0 radical (unpaired) electrons. The summed E-state index contributed by atoms with van der Waals surface area (Å²) in [4.78, 5) is 31.3. The van der Waals surface area contributed by atoms with Crippen molar-refractivity contribution in [3.05, 3.63) is 12.2 Å². The van der Waals surface area contributed by atoms with Crippen LogP contribution in [0.5, 0.6) is 0 Å². The van der Waals surface area contributed by atoms with Gasteiger partial charge in [-0.2, -0.15) is 0 Å². The van der Waals surface area contributed by atoms with Gasteiger partial charge in [0.05, 0.1) is 5.41 Å². The Bertz CT molecular complexity index is 1140. The van der Waals surface area contributed by atoms with Gasteiger partial charge in [0.15, 0.2) is 0 Å². The topological polar surface area (TPSA) is 60.9 Å². The lowest BCUT2D eigenvalue weighted by molar-refractivity contribution is -0.243. The van der Waals surface area contributed by atoms with E-state index in [0.717, 1.165) is 58.4 Å². The van der Waals surface area contributed by atoms with E-state index < -0.39 is 5.97 Å². The highest BCUT2D eigenvalue weighted by Crippen LogP contribution is 2.78. The van der Waals surface area contributed by atoms with Crippen LogP contribution in [0.3, 0.4) is 0 Å². The zero-order valence-electron chi connectivity index (χ0n) is 28.6. The first-order valence-corrected chi connectivity index (χ1v) is 18.0. The van der Waals surface area contributed by atoms with Crippen molar-refractivity contribution in [3.8, 4) is 0 Å². The van der Waals surface area contributed by atoms with Gasteiger partial charge in [0.25, 0.3) is 0 Å². The standard InChI is InChI=1S/C38H62N2O3/c1-9-39-20-22-40(23-21-39)33(43)38-17-13-27(25(2)3)32(38)28-10-11-30-35(6)15-12-26(24-31(41)42)34(4,5)29(35)14-16-37(30,8)36(28,7)18-19-38/h26-30,32H,2,9-24H2,1,3-8H3,(H,41,42)/t26-,27-,28+,29+,30+,32+,35+,36+,37+,38-/m0/s1. The van der Waals surface area contributed by atoms with Crippen LogP contribution < -0.4 is 0 Å². The largest absolute Gasteiger partial charge is 0.481 e. The minimum atomic E-state index is -0.633. The van der Waals surface area contributed by atoms with Crippen molar-refractivity contribution >= 4 is 11.9 Å². The molecule has 1 N–H and O–H groups in total. The summed E-state index contributed by atoms with van der Waals surface area (Å²) < 4.78 is 0. The molecule has 5 saturated carbocycles. The van der Waals surface area contributed by atoms with Crippen molar-refractivity contribution < 1.29 is 14.7 Å². The van der Waals surface area contributed by atoms with Gasteiger partial charge >= 0.3 is 5.97 Å². The summed E-state index contributed by atoms with van der Waals surface area (Å²) in [5, 5.41) is 9.72. The zero-order chi connectivity index (χ0) is 31.2. The molecule has 1 aliphatic heterocycles. The number of nitrogens with zero attached hydrogens (tertiary/aromatic N) is 2. The Balaban J connectivity index is 1.32. The molecule has 0 unspecified atom stereocenters. The molecule has 1 saturated heterocycles. The van der Waals surface area contributed by atoms with Gasteiger partial charge in [-0.1, -0.05) is 53.7 Å². The minimum absolute atomic E-state index is 0.0525. The van der Waals surface area contributed by atoms with E-state index in [2.05, 4.69) is 64.8 Å². The van der Waals surface area contributed by atoms with Crippen molar-refractivity contribution in [3.63, 3.8) is 0 Å². The number of hydrogen-bond donors (Lipinski definition) is 1. The van der Waals surface area contributed by atoms with E-state index in [1.165, 1.54) is 44.1 Å². The normalized spacial score (nSPS) is 47.6. The number of carboxylic acid groups (broad SMARTS) is 1. The summed E-state index contributed by atoms with van der Waals surface area (Å²) in [6, 6.07) is 0. The predicted octanol–water partition coefficient (Wildman–Crippen LogP) is 7.90. The Kier molecular flexibility index (Phi) is 7.79. The fraction of sp³-hybridized carbons (Fsp3) is 0.895. The smallest absolute Gasteiger partial charge is 0.303 e. The summed E-state index contributed by atoms with van der Waals surface area (Å²) in [7, 11) is 0. The van der Waals surface area contributed by atoms with Crippen LogP contribution in [-0.2, 0) is 9.59 Å². The van der Waals surface area contributed by atoms with Gasteiger partial charge in [-0.15, -0.1) is 0 Å². The summed E-state index contributed by atoms with van der Waals surface area (Å²) in [5.41, 5.74) is 1.88. The predicted molar refractivity (Wildman–Crippen MR) is 173 cm³/mol. The Morgan fingerprint density at radius 2 is 1.51 bits per heavy atom. The highest BCUT2D eigenvalue weighted by atomic mass is 16.4. The molecule has 6 aliphatic rings. The lowest BCUT2D eigenvalue weighted by Gasteiger charge is -2.73. The molecule has 5 heteroatoms. The number of likely N-dealkylation sites (N-methyl/N-ethyl adjacent to an activating group) is 1. The number of fused-ring (bicyclic) bond motifs is 7. The van der Waals surface area contributed by atoms with Crippen LogP contribution in [0, 0.1) is 62.6 Å². The maximum absolute atomic E-state index is 14.7. The second-order valence-corrected chi connectivity index (χ2v) is 17.7. The number of amides is 1. The van der Waals surface area contributed by atoms with Gasteiger partial charge in [-0.3, -0.25) is 9.59 Å². The molecule has 242 valence electrons. The van der Waals surface area contributed by atoms with Crippen LogP contribution in [0.4, 0.5) is 0 Å². The number of carbonyl (C=O) groups is 2. The highest BCUT2D eigenvalue weighted by molar-refractivity contribution is 5.84. The quantitative estimate of drug-likeness (QED) is 0.329. The maximum Gasteiger partial charge on any atom is 0.303 e. The molecule has 10 atom stereocenters. The van der Waals surface area contributed by atoms with Crippen LogP contribution in [0.25, 0.3) is 0 Å². The average Bonchev–Trinajstić information content (AvgIpc) is 3.36. The molecule has 0 spiro atoms. The molecule has 0 aromatic carbocycles. The molecular weight excluding hydrogens is 532 g/mol. The molecule has 5 nitrogen and oxygen atoms in total. The maximum atomic E-state index is 14.7. The lowest BCUT2D eigenvalue weighted by atomic mass is 9.32. The van der Waals surface area contributed by atoms with Gasteiger partial charge in [0, 0.05) is 32.6 Å². The molecular formula is C38H62N2O3. The first kappa shape index (κ1) is 31.6. The fourth-order valence-corrected chi connectivity index (χ4v) is 13.7. The van der Waals surface area contributed by atoms with Gasteiger partial charge in [0.2, 0.25) is 5.91 Å². The number of aliphatic carboxylic acids is 1. The molecule has 0 aromatic rings. The molecule has 0 aromatic heterocycles. The molecule has 0 bridgehead atoms. The minimum Gasteiger partial charge on any atom is -0.481 e. The van der Waals surface area contributed by atoms with Crippen molar-refractivity contribution in [1.82, 2.24) is 9.80 Å². The van der Waals surface area contributed by atoms with Crippen LogP contribution in [0.2, 0.25) is 0 Å². The van der Waals surface area contributed by atoms with E-state index in [-0.39, 0.29) is 33.0 Å². The van der Waals surface area contributed by atoms with Crippen LogP contribution in [-0.4, -0.2) is 59.5 Å². The molecule has 5 aliphatic carbocycles. The average molecular weight is 595 g/mol. The van der Waals surface area contributed by atoms with Gasteiger partial charge in [-0.05, 0) is 135 Å². The molecule has 6 fully saturated rings. The highest BCUT2D eigenvalue weighted by Gasteiger charge is 2.72. The van der Waals surface area contributed by atoms with Crippen molar-refractivity contribution in [2.45, 2.75) is 119 Å². The second kappa shape index (κ2) is 10.6. The lowest BCUT2D eigenvalue weighted by Crippen LogP contribution is -2.67. The Morgan fingerprint density at radius 1 is 0.814 bits per heavy atom. The number of allylic oxidation sites excluding steroid dienone is 1. The van der Waals surface area contributed by atoms with Crippen LogP contribution in [0.15, 0.2) is 12.2 Å². The van der Waals surface area contributed by atoms with Gasteiger partial charge in [0.1, 0.15) is 0 Å². The van der Waals surface area contributed by atoms with Gasteiger partial charge in [-0.25, -0.2) is 0 Å². The van der Waals surface area contributed by atoms with E-state index in [1.54, 1.807) is 0 Å².